The van der Waals surface area contributed by atoms with Gasteiger partial charge >= 0.3 is 0 Å². The topological polar surface area (TPSA) is 54.5 Å². The molecule has 0 spiro atoms. The Hall–Kier alpha value is -2.15. The molecule has 0 aromatic carbocycles. The standard InChI is InChI=1S/C14H16N4/c1-5-18-12(8-15)7-13(17-18)14-10(3)6-9(2)11(4)16-14/h6-7H,5H2,1-4H3. The van der Waals surface area contributed by atoms with Crippen molar-refractivity contribution >= 4 is 0 Å². The molecule has 0 aliphatic rings. The quantitative estimate of drug-likeness (QED) is 0.811. The molecule has 0 saturated heterocycles. The Morgan fingerprint density at radius 2 is 1.94 bits per heavy atom. The summed E-state index contributed by atoms with van der Waals surface area (Å²) in [5.41, 5.74) is 5.47. The zero-order valence-electron chi connectivity index (χ0n) is 11.2. The monoisotopic (exact) mass is 240 g/mol. The molecule has 4 nitrogen and oxygen atoms in total. The zero-order chi connectivity index (χ0) is 13.3. The summed E-state index contributed by atoms with van der Waals surface area (Å²) in [6.07, 6.45) is 0. The molecule has 2 aromatic heterocycles. The van der Waals surface area contributed by atoms with E-state index >= 15 is 0 Å². The molecule has 4 heteroatoms. The third-order valence-corrected chi connectivity index (χ3v) is 3.09. The van der Waals surface area contributed by atoms with E-state index in [0.717, 1.165) is 22.6 Å². The van der Waals surface area contributed by atoms with Crippen LogP contribution in [0.3, 0.4) is 0 Å². The zero-order valence-corrected chi connectivity index (χ0v) is 11.2. The van der Waals surface area contributed by atoms with Crippen molar-refractivity contribution in [3.05, 3.63) is 34.6 Å². The van der Waals surface area contributed by atoms with Crippen LogP contribution in [-0.2, 0) is 6.54 Å². The van der Waals surface area contributed by atoms with Gasteiger partial charge in [-0.25, -0.2) is 0 Å². The van der Waals surface area contributed by atoms with Crippen LogP contribution in [-0.4, -0.2) is 14.8 Å². The van der Waals surface area contributed by atoms with Crippen LogP contribution in [0.2, 0.25) is 0 Å². The fourth-order valence-corrected chi connectivity index (χ4v) is 1.96. The van der Waals surface area contributed by atoms with Crippen molar-refractivity contribution in [3.8, 4) is 17.5 Å². The van der Waals surface area contributed by atoms with Crippen molar-refractivity contribution in [3.63, 3.8) is 0 Å². The van der Waals surface area contributed by atoms with Gasteiger partial charge in [0, 0.05) is 18.3 Å². The van der Waals surface area contributed by atoms with E-state index < -0.39 is 0 Å². The number of hydrogen-bond donors (Lipinski definition) is 0. The summed E-state index contributed by atoms with van der Waals surface area (Å²) in [5.74, 6) is 0. The third-order valence-electron chi connectivity index (χ3n) is 3.09. The minimum absolute atomic E-state index is 0.576. The first-order valence-corrected chi connectivity index (χ1v) is 6.00. The van der Waals surface area contributed by atoms with Gasteiger partial charge in [0.15, 0.2) is 0 Å². The molecule has 0 fully saturated rings. The van der Waals surface area contributed by atoms with Gasteiger partial charge in [0.2, 0.25) is 0 Å². The lowest BCUT2D eigenvalue weighted by molar-refractivity contribution is 0.653. The van der Waals surface area contributed by atoms with E-state index in [-0.39, 0.29) is 0 Å². The number of rotatable bonds is 2. The van der Waals surface area contributed by atoms with Gasteiger partial charge in [-0.1, -0.05) is 6.07 Å². The second-order valence-corrected chi connectivity index (χ2v) is 4.40. The molecular weight excluding hydrogens is 224 g/mol. The summed E-state index contributed by atoms with van der Waals surface area (Å²) >= 11 is 0. The molecule has 18 heavy (non-hydrogen) atoms. The van der Waals surface area contributed by atoms with Crippen LogP contribution >= 0.6 is 0 Å². The van der Waals surface area contributed by atoms with E-state index in [4.69, 9.17) is 5.26 Å². The van der Waals surface area contributed by atoms with Crippen molar-refractivity contribution in [1.82, 2.24) is 14.8 Å². The molecule has 0 bridgehead atoms. The van der Waals surface area contributed by atoms with Gasteiger partial charge in [-0.15, -0.1) is 0 Å². The maximum Gasteiger partial charge on any atom is 0.139 e. The Morgan fingerprint density at radius 3 is 2.50 bits per heavy atom. The van der Waals surface area contributed by atoms with Crippen molar-refractivity contribution < 1.29 is 0 Å². The summed E-state index contributed by atoms with van der Waals surface area (Å²) in [6, 6.07) is 6.06. The Balaban J connectivity index is 2.59. The highest BCUT2D eigenvalue weighted by Gasteiger charge is 2.12. The second-order valence-electron chi connectivity index (χ2n) is 4.40. The Morgan fingerprint density at radius 1 is 1.22 bits per heavy atom. The summed E-state index contributed by atoms with van der Waals surface area (Å²) < 4.78 is 1.70. The lowest BCUT2D eigenvalue weighted by Crippen LogP contribution is -2.00. The highest BCUT2D eigenvalue weighted by molar-refractivity contribution is 5.60. The fourth-order valence-electron chi connectivity index (χ4n) is 1.96. The minimum Gasteiger partial charge on any atom is -0.254 e. The molecule has 0 amide bonds. The van der Waals surface area contributed by atoms with E-state index in [0.29, 0.717) is 12.2 Å². The van der Waals surface area contributed by atoms with Gasteiger partial charge in [-0.05, 0) is 38.8 Å². The number of aryl methyl sites for hydroxylation is 4. The van der Waals surface area contributed by atoms with E-state index in [9.17, 15) is 0 Å². The first-order chi connectivity index (χ1) is 8.56. The average molecular weight is 240 g/mol. The predicted molar refractivity (Wildman–Crippen MR) is 70.1 cm³/mol. The lowest BCUT2D eigenvalue weighted by atomic mass is 10.1. The van der Waals surface area contributed by atoms with Crippen LogP contribution in [0.15, 0.2) is 12.1 Å². The van der Waals surface area contributed by atoms with E-state index in [1.165, 1.54) is 5.56 Å². The van der Waals surface area contributed by atoms with Crippen LogP contribution in [0.1, 0.15) is 29.4 Å². The SMILES string of the molecule is CCn1nc(-c2nc(C)c(C)cc2C)cc1C#N. The van der Waals surface area contributed by atoms with E-state index in [2.05, 4.69) is 22.2 Å². The van der Waals surface area contributed by atoms with Gasteiger partial charge < -0.3 is 0 Å². The molecule has 2 rings (SSSR count). The van der Waals surface area contributed by atoms with Gasteiger partial charge in [0.1, 0.15) is 17.5 Å². The average Bonchev–Trinajstić information content (AvgIpc) is 2.76. The predicted octanol–water partition coefficient (Wildman–Crippen LogP) is 2.76. The van der Waals surface area contributed by atoms with Crippen LogP contribution < -0.4 is 0 Å². The summed E-state index contributed by atoms with van der Waals surface area (Å²) in [7, 11) is 0. The molecule has 0 N–H and O–H groups in total. The summed E-state index contributed by atoms with van der Waals surface area (Å²) in [6.45, 7) is 8.71. The number of nitriles is 1. The maximum atomic E-state index is 9.05. The van der Waals surface area contributed by atoms with Crippen LogP contribution in [0.4, 0.5) is 0 Å². The van der Waals surface area contributed by atoms with Gasteiger partial charge in [-0.2, -0.15) is 10.4 Å². The van der Waals surface area contributed by atoms with Gasteiger partial charge in [-0.3, -0.25) is 9.67 Å². The number of nitrogens with zero attached hydrogens (tertiary/aromatic N) is 4. The van der Waals surface area contributed by atoms with Crippen molar-refractivity contribution in [1.29, 1.82) is 5.26 Å². The Labute approximate surface area is 107 Å². The Bertz CT molecular complexity index is 632. The first-order valence-electron chi connectivity index (χ1n) is 6.00. The van der Waals surface area contributed by atoms with Crippen molar-refractivity contribution in [2.75, 3.05) is 0 Å². The molecule has 0 aliphatic carbocycles. The van der Waals surface area contributed by atoms with Crippen LogP contribution in [0.5, 0.6) is 0 Å². The summed E-state index contributed by atoms with van der Waals surface area (Å²) in [4.78, 5) is 4.58. The number of pyridine rings is 1. The molecule has 0 saturated carbocycles. The smallest absolute Gasteiger partial charge is 0.139 e. The highest BCUT2D eigenvalue weighted by Crippen LogP contribution is 2.22. The first kappa shape index (κ1) is 12.3. The normalized spacial score (nSPS) is 10.4. The lowest BCUT2D eigenvalue weighted by Gasteiger charge is -2.06. The molecule has 2 heterocycles. The summed E-state index contributed by atoms with van der Waals surface area (Å²) in [5, 5.41) is 13.5. The van der Waals surface area contributed by atoms with Gasteiger partial charge in [0.05, 0.1) is 5.69 Å². The minimum atomic E-state index is 0.576. The van der Waals surface area contributed by atoms with Gasteiger partial charge in [0.25, 0.3) is 0 Å². The van der Waals surface area contributed by atoms with Crippen molar-refractivity contribution in [2.45, 2.75) is 34.2 Å². The largest absolute Gasteiger partial charge is 0.254 e. The molecule has 92 valence electrons. The van der Waals surface area contributed by atoms with E-state index in [1.54, 1.807) is 10.7 Å². The third kappa shape index (κ3) is 2.00. The highest BCUT2D eigenvalue weighted by atomic mass is 15.3. The van der Waals surface area contributed by atoms with Crippen molar-refractivity contribution in [2.24, 2.45) is 0 Å². The van der Waals surface area contributed by atoms with Crippen LogP contribution in [0.25, 0.3) is 11.4 Å². The molecule has 0 unspecified atom stereocenters. The number of aromatic nitrogens is 3. The molecule has 0 aliphatic heterocycles. The Kier molecular flexibility index (Phi) is 3.15. The molecule has 2 aromatic rings. The molecule has 0 atom stereocenters. The second kappa shape index (κ2) is 4.61. The maximum absolute atomic E-state index is 9.05. The fraction of sp³-hybridized carbons (Fsp3) is 0.357. The van der Waals surface area contributed by atoms with E-state index in [1.807, 2.05) is 27.7 Å². The number of hydrogen-bond acceptors (Lipinski definition) is 3. The molecule has 0 radical (unpaired) electrons. The van der Waals surface area contributed by atoms with Crippen LogP contribution in [0, 0.1) is 32.1 Å². The molecular formula is C14H16N4.